The fraction of sp³-hybridized carbons (Fsp3) is 0.0833. The topological polar surface area (TPSA) is 52.6 Å². The van der Waals surface area contributed by atoms with Crippen molar-refractivity contribution in [2.45, 2.75) is 13.8 Å². The van der Waals surface area contributed by atoms with Gasteiger partial charge < -0.3 is 9.47 Å². The Labute approximate surface area is 167 Å². The Kier molecular flexibility index (Phi) is 4.72. The molecule has 0 radical (unpaired) electrons. The van der Waals surface area contributed by atoms with E-state index < -0.39 is 5.97 Å². The average molecular weight is 388 g/mol. The van der Waals surface area contributed by atoms with Gasteiger partial charge in [-0.05, 0) is 61.9 Å². The summed E-state index contributed by atoms with van der Waals surface area (Å²) in [6.45, 7) is 3.62. The maximum atomic E-state index is 13.1. The highest BCUT2D eigenvalue weighted by atomic mass is 19.1. The lowest BCUT2D eigenvalue weighted by atomic mass is 10.1. The summed E-state index contributed by atoms with van der Waals surface area (Å²) in [6.07, 6.45) is 1.56. The van der Waals surface area contributed by atoms with E-state index in [-0.39, 0.29) is 17.4 Å². The van der Waals surface area contributed by atoms with Crippen LogP contribution in [0.2, 0.25) is 0 Å². The molecule has 1 aliphatic rings. The number of ether oxygens (including phenoxy) is 2. The molecule has 5 heteroatoms. The summed E-state index contributed by atoms with van der Waals surface area (Å²) >= 11 is 0. The van der Waals surface area contributed by atoms with Gasteiger partial charge in [-0.25, -0.2) is 9.18 Å². The van der Waals surface area contributed by atoms with Gasteiger partial charge in [0.1, 0.15) is 17.3 Å². The Bertz CT molecular complexity index is 1160. The van der Waals surface area contributed by atoms with Crippen LogP contribution in [0.25, 0.3) is 6.08 Å². The van der Waals surface area contributed by atoms with Crippen LogP contribution in [-0.4, -0.2) is 11.8 Å². The van der Waals surface area contributed by atoms with E-state index in [1.54, 1.807) is 55.5 Å². The van der Waals surface area contributed by atoms with Crippen molar-refractivity contribution in [2.24, 2.45) is 0 Å². The molecule has 0 saturated carbocycles. The lowest BCUT2D eigenvalue weighted by molar-refractivity contribution is 0.0733. The van der Waals surface area contributed by atoms with E-state index in [1.165, 1.54) is 12.1 Å². The van der Waals surface area contributed by atoms with Gasteiger partial charge in [0.05, 0.1) is 11.1 Å². The van der Waals surface area contributed by atoms with Gasteiger partial charge in [0, 0.05) is 5.56 Å². The molecule has 4 nitrogen and oxygen atoms in total. The van der Waals surface area contributed by atoms with Crippen LogP contribution in [0.3, 0.4) is 0 Å². The number of fused-ring (bicyclic) bond motifs is 1. The quantitative estimate of drug-likeness (QED) is 0.348. The van der Waals surface area contributed by atoms with E-state index in [2.05, 4.69) is 0 Å². The summed E-state index contributed by atoms with van der Waals surface area (Å²) in [5, 5.41) is 0. The first kappa shape index (κ1) is 18.6. The van der Waals surface area contributed by atoms with Gasteiger partial charge in [-0.1, -0.05) is 29.8 Å². The largest absolute Gasteiger partial charge is 0.452 e. The molecule has 3 aromatic rings. The molecule has 4 rings (SSSR count). The highest BCUT2D eigenvalue weighted by molar-refractivity contribution is 6.15. The van der Waals surface area contributed by atoms with E-state index >= 15 is 0 Å². The monoisotopic (exact) mass is 388 g/mol. The number of hydrogen-bond donors (Lipinski definition) is 0. The molecule has 144 valence electrons. The van der Waals surface area contributed by atoms with Gasteiger partial charge in [-0.15, -0.1) is 0 Å². The number of rotatable bonds is 3. The van der Waals surface area contributed by atoms with Gasteiger partial charge in [0.2, 0.25) is 5.78 Å². The molecule has 1 aliphatic heterocycles. The van der Waals surface area contributed by atoms with E-state index in [1.807, 2.05) is 13.0 Å². The van der Waals surface area contributed by atoms with Crippen LogP contribution in [0.1, 0.15) is 37.4 Å². The molecule has 29 heavy (non-hydrogen) atoms. The molecule has 0 saturated heterocycles. The van der Waals surface area contributed by atoms with Crippen molar-refractivity contribution >= 4 is 17.8 Å². The fourth-order valence-electron chi connectivity index (χ4n) is 3.12. The third-order valence-corrected chi connectivity index (χ3v) is 4.66. The van der Waals surface area contributed by atoms with E-state index in [4.69, 9.17) is 9.47 Å². The highest BCUT2D eigenvalue weighted by Crippen LogP contribution is 2.39. The molecule has 0 atom stereocenters. The first-order valence-electron chi connectivity index (χ1n) is 9.04. The fourth-order valence-corrected chi connectivity index (χ4v) is 3.12. The van der Waals surface area contributed by atoms with E-state index in [0.29, 0.717) is 33.8 Å². The number of carbonyl (C=O) groups is 2. The molecule has 0 unspecified atom stereocenters. The lowest BCUT2D eigenvalue weighted by Crippen LogP contribution is -2.09. The Balaban J connectivity index is 1.61. The zero-order chi connectivity index (χ0) is 20.5. The third kappa shape index (κ3) is 3.67. The number of carbonyl (C=O) groups excluding carboxylic acids is 2. The molecule has 0 N–H and O–H groups in total. The van der Waals surface area contributed by atoms with Crippen molar-refractivity contribution in [3.05, 3.63) is 100 Å². The van der Waals surface area contributed by atoms with Gasteiger partial charge in [0.15, 0.2) is 5.76 Å². The van der Waals surface area contributed by atoms with Crippen LogP contribution in [0.15, 0.2) is 66.4 Å². The number of esters is 1. The van der Waals surface area contributed by atoms with Gasteiger partial charge in [0.25, 0.3) is 0 Å². The summed E-state index contributed by atoms with van der Waals surface area (Å²) in [4.78, 5) is 25.1. The second kappa shape index (κ2) is 7.36. The molecule has 0 bridgehead atoms. The van der Waals surface area contributed by atoms with Crippen LogP contribution in [0, 0.1) is 19.7 Å². The Morgan fingerprint density at radius 1 is 1.03 bits per heavy atom. The van der Waals surface area contributed by atoms with Crippen molar-refractivity contribution < 1.29 is 23.5 Å². The highest BCUT2D eigenvalue weighted by Gasteiger charge is 2.30. The van der Waals surface area contributed by atoms with Crippen molar-refractivity contribution in [1.29, 1.82) is 0 Å². The van der Waals surface area contributed by atoms with Crippen molar-refractivity contribution in [3.8, 4) is 11.5 Å². The maximum Gasteiger partial charge on any atom is 0.343 e. The molecular formula is C24H17FO4. The van der Waals surface area contributed by atoms with E-state index in [9.17, 15) is 14.0 Å². The minimum atomic E-state index is -0.483. The van der Waals surface area contributed by atoms with Crippen LogP contribution in [0.4, 0.5) is 4.39 Å². The first-order chi connectivity index (χ1) is 13.9. The minimum Gasteiger partial charge on any atom is -0.452 e. The van der Waals surface area contributed by atoms with E-state index in [0.717, 1.165) is 5.56 Å². The number of halogens is 1. The normalized spacial score (nSPS) is 13.9. The molecule has 1 heterocycles. The molecule has 3 aromatic carbocycles. The van der Waals surface area contributed by atoms with Crippen molar-refractivity contribution in [3.63, 3.8) is 0 Å². The smallest absolute Gasteiger partial charge is 0.343 e. The molecule has 0 fully saturated rings. The molecule has 0 amide bonds. The van der Waals surface area contributed by atoms with Gasteiger partial charge in [-0.3, -0.25) is 4.79 Å². The zero-order valence-electron chi connectivity index (χ0n) is 15.9. The Morgan fingerprint density at radius 2 is 1.79 bits per heavy atom. The Morgan fingerprint density at radius 3 is 2.52 bits per heavy atom. The molecule has 0 aliphatic carbocycles. The zero-order valence-corrected chi connectivity index (χ0v) is 15.9. The summed E-state index contributed by atoms with van der Waals surface area (Å²) in [7, 11) is 0. The predicted octanol–water partition coefficient (Wildman–Crippen LogP) is 5.28. The average Bonchev–Trinajstić information content (AvgIpc) is 3.02. The minimum absolute atomic E-state index is 0.136. The predicted molar refractivity (Wildman–Crippen MR) is 107 cm³/mol. The standard InChI is InChI=1S/C24H17FO4/c1-14-4-3-5-17(12-14)24(27)29-20-11-10-19-22(26)21(28-23(19)15(20)2)13-16-6-8-18(25)9-7-16/h3-13H,1-2H3/b21-13-. The number of ketones is 1. The summed E-state index contributed by atoms with van der Waals surface area (Å²) in [6, 6.07) is 16.0. The van der Waals surface area contributed by atoms with Crippen molar-refractivity contribution in [1.82, 2.24) is 0 Å². The SMILES string of the molecule is Cc1cccc(C(=O)Oc2ccc3c(c2C)O/C(=C\c2ccc(F)cc2)C3=O)c1. The number of benzene rings is 3. The van der Waals surface area contributed by atoms with Crippen LogP contribution < -0.4 is 9.47 Å². The number of allylic oxidation sites excluding steroid dienone is 1. The number of Topliss-reactive ketones (excluding diaryl/α,β-unsaturated/α-hetero) is 1. The van der Waals surface area contributed by atoms with Crippen LogP contribution >= 0.6 is 0 Å². The van der Waals surface area contributed by atoms with Gasteiger partial charge in [-0.2, -0.15) is 0 Å². The van der Waals surface area contributed by atoms with Crippen molar-refractivity contribution in [2.75, 3.05) is 0 Å². The number of hydrogen-bond acceptors (Lipinski definition) is 4. The molecular weight excluding hydrogens is 371 g/mol. The Hall–Kier alpha value is -3.73. The van der Waals surface area contributed by atoms with Crippen LogP contribution in [-0.2, 0) is 0 Å². The summed E-state index contributed by atoms with van der Waals surface area (Å²) < 4.78 is 24.4. The second-order valence-electron chi connectivity index (χ2n) is 6.82. The molecule has 0 spiro atoms. The second-order valence-corrected chi connectivity index (χ2v) is 6.82. The number of aryl methyl sites for hydroxylation is 1. The van der Waals surface area contributed by atoms with Gasteiger partial charge >= 0.3 is 5.97 Å². The first-order valence-corrected chi connectivity index (χ1v) is 9.04. The summed E-state index contributed by atoms with van der Waals surface area (Å²) in [5.74, 6) is -0.294. The molecule has 0 aromatic heterocycles. The summed E-state index contributed by atoms with van der Waals surface area (Å²) in [5.41, 5.74) is 2.99. The van der Waals surface area contributed by atoms with Crippen LogP contribution in [0.5, 0.6) is 11.5 Å². The lowest BCUT2D eigenvalue weighted by Gasteiger charge is -2.10. The third-order valence-electron chi connectivity index (χ3n) is 4.66. The maximum absolute atomic E-state index is 13.1.